The number of pyridine rings is 1. The maximum atomic E-state index is 17.0. The maximum Gasteiger partial charge on any atom is 0.412 e. The maximum absolute atomic E-state index is 17.0. The molecule has 7 rings (SSSR count). The molecule has 0 radical (unpaired) electrons. The Morgan fingerprint density at radius 3 is 2.43 bits per heavy atom. The van der Waals surface area contributed by atoms with E-state index in [1.54, 1.807) is 31.9 Å². The number of hydrogen-bond acceptors (Lipinski definition) is 11. The number of aromatic nitrogens is 3. The second-order valence-corrected chi connectivity index (χ2v) is 15.6. The normalized spacial score (nSPS) is 18.9. The summed E-state index contributed by atoms with van der Waals surface area (Å²) in [7, 11) is 0. The zero-order valence-corrected chi connectivity index (χ0v) is 28.8. The number of amides is 2. The number of benzene rings is 1. The topological polar surface area (TPSA) is 143 Å². The molecule has 0 unspecified atom stereocenters. The van der Waals surface area contributed by atoms with E-state index >= 15 is 8.78 Å². The van der Waals surface area contributed by atoms with Crippen molar-refractivity contribution in [1.82, 2.24) is 19.9 Å². The number of nitriles is 1. The highest BCUT2D eigenvalue weighted by molar-refractivity contribution is 7.23. The van der Waals surface area contributed by atoms with Crippen molar-refractivity contribution in [3.05, 3.63) is 40.7 Å². The molecule has 2 saturated heterocycles. The molecule has 1 spiro atoms. The molecular weight excluding hydrogens is 656 g/mol. The quantitative estimate of drug-likeness (QED) is 0.238. The summed E-state index contributed by atoms with van der Waals surface area (Å²) in [6.45, 7) is 12.4. The average molecular weight is 692 g/mol. The lowest BCUT2D eigenvalue weighted by Gasteiger charge is -2.50. The van der Waals surface area contributed by atoms with E-state index < -0.39 is 34.5 Å². The van der Waals surface area contributed by atoms with Gasteiger partial charge in [0.05, 0.1) is 40.9 Å². The minimum atomic E-state index is -0.819. The molecule has 3 aromatic heterocycles. The van der Waals surface area contributed by atoms with Gasteiger partial charge in [-0.3, -0.25) is 10.3 Å². The van der Waals surface area contributed by atoms with Gasteiger partial charge in [-0.1, -0.05) is 0 Å². The van der Waals surface area contributed by atoms with Gasteiger partial charge in [0, 0.05) is 42.2 Å². The highest BCUT2D eigenvalue weighted by Gasteiger charge is 2.53. The van der Waals surface area contributed by atoms with Crippen molar-refractivity contribution in [3.63, 3.8) is 0 Å². The summed E-state index contributed by atoms with van der Waals surface area (Å²) in [6, 6.07) is 2.05. The van der Waals surface area contributed by atoms with Gasteiger partial charge in [0.15, 0.2) is 11.6 Å². The monoisotopic (exact) mass is 691 g/mol. The molecule has 15 heteroatoms. The Balaban J connectivity index is 1.30. The number of halogens is 2. The van der Waals surface area contributed by atoms with E-state index in [2.05, 4.69) is 15.3 Å². The third kappa shape index (κ3) is 5.66. The second-order valence-electron chi connectivity index (χ2n) is 14.6. The van der Waals surface area contributed by atoms with Gasteiger partial charge < -0.3 is 24.0 Å². The molecule has 1 atom stereocenters. The van der Waals surface area contributed by atoms with Gasteiger partial charge in [0.2, 0.25) is 5.95 Å². The summed E-state index contributed by atoms with van der Waals surface area (Å²) in [5.41, 5.74) is -0.643. The minimum absolute atomic E-state index is 0.0283. The average Bonchev–Trinajstić information content (AvgIpc) is 3.74. The van der Waals surface area contributed by atoms with Crippen molar-refractivity contribution >= 4 is 55.5 Å². The Bertz CT molecular complexity index is 2100. The van der Waals surface area contributed by atoms with Crippen LogP contribution < -0.4 is 10.2 Å². The number of nitrogens with zero attached hydrogens (tertiary/aromatic N) is 6. The number of anilines is 2. The first-order valence-corrected chi connectivity index (χ1v) is 16.8. The largest absolute Gasteiger partial charge is 0.444 e. The van der Waals surface area contributed by atoms with E-state index in [1.807, 2.05) is 31.7 Å². The minimum Gasteiger partial charge on any atom is -0.444 e. The van der Waals surface area contributed by atoms with Crippen molar-refractivity contribution in [1.29, 1.82) is 5.26 Å². The van der Waals surface area contributed by atoms with E-state index in [4.69, 9.17) is 19.2 Å². The fraction of sp³-hybridized carbons (Fsp3) is 0.471. The molecule has 6 heterocycles. The number of carbonyl (C=O) groups excluding carboxylic acids is 2. The van der Waals surface area contributed by atoms with Crippen molar-refractivity contribution in [2.75, 3.05) is 29.9 Å². The van der Waals surface area contributed by atoms with Gasteiger partial charge in [-0.2, -0.15) is 5.26 Å². The van der Waals surface area contributed by atoms with Crippen LogP contribution in [0, 0.1) is 23.0 Å². The second kappa shape index (κ2) is 11.4. The summed E-state index contributed by atoms with van der Waals surface area (Å²) < 4.78 is 49.0. The Kier molecular flexibility index (Phi) is 7.67. The van der Waals surface area contributed by atoms with Gasteiger partial charge in [-0.05, 0) is 65.5 Å². The van der Waals surface area contributed by atoms with E-state index in [1.165, 1.54) is 0 Å². The molecule has 1 N–H and O–H groups in total. The Morgan fingerprint density at radius 1 is 1.04 bits per heavy atom. The summed E-state index contributed by atoms with van der Waals surface area (Å²) in [6.07, 6.45) is 2.86. The smallest absolute Gasteiger partial charge is 0.412 e. The first kappa shape index (κ1) is 32.8. The molecule has 4 aromatic rings. The number of rotatable bonds is 3. The number of likely N-dealkylation sites (tertiary alicyclic amines) is 1. The van der Waals surface area contributed by atoms with Crippen molar-refractivity contribution < 1.29 is 32.6 Å². The predicted molar refractivity (Wildman–Crippen MR) is 178 cm³/mol. The number of nitrogens with one attached hydrogen (secondary N) is 1. The van der Waals surface area contributed by atoms with Gasteiger partial charge in [0.25, 0.3) is 0 Å². The third-order valence-corrected chi connectivity index (χ3v) is 10.0. The lowest BCUT2D eigenvalue weighted by Crippen LogP contribution is -2.64. The zero-order chi connectivity index (χ0) is 35.0. The molecule has 12 nitrogen and oxygen atoms in total. The van der Waals surface area contributed by atoms with Crippen LogP contribution in [0.25, 0.3) is 32.2 Å². The first-order valence-electron chi connectivity index (χ1n) is 15.9. The van der Waals surface area contributed by atoms with Crippen LogP contribution >= 0.6 is 11.3 Å². The van der Waals surface area contributed by atoms with Gasteiger partial charge >= 0.3 is 12.2 Å². The number of ether oxygens (including phenoxy) is 3. The molecule has 2 fully saturated rings. The molecule has 0 aliphatic carbocycles. The molecule has 0 bridgehead atoms. The molecule has 3 aliphatic rings. The zero-order valence-electron chi connectivity index (χ0n) is 28.0. The third-order valence-electron chi connectivity index (χ3n) is 8.92. The van der Waals surface area contributed by atoms with Crippen LogP contribution in [0.5, 0.6) is 0 Å². The predicted octanol–water partition coefficient (Wildman–Crippen LogP) is 7.02. The van der Waals surface area contributed by atoms with Crippen LogP contribution in [0.3, 0.4) is 0 Å². The Morgan fingerprint density at radius 2 is 1.76 bits per heavy atom. The van der Waals surface area contributed by atoms with Gasteiger partial charge in [0.1, 0.15) is 27.8 Å². The standard InChI is InChI=1S/C34H35F2N7O5S/c1-32(2,3)47-30(44)41-28-17(11-37)23-26(38-13-21(35)27(23)49-28)22-20-15-46-14-19(20)18-12-39-29(40-25(18)24(22)36)42-9-7-34(16-42)8-10-43(34)31(45)48-33(4,5)6/h12-13H,7-10,14-16H2,1-6H3,(H,41,44)/t34-/m0/s1. The number of thiophene rings is 1. The number of fused-ring (bicyclic) bond motifs is 4. The lowest BCUT2D eigenvalue weighted by atomic mass is 9.84. The van der Waals surface area contributed by atoms with Crippen LogP contribution in [-0.4, -0.2) is 68.4 Å². The van der Waals surface area contributed by atoms with E-state index in [9.17, 15) is 14.9 Å². The molecule has 2 amide bonds. The van der Waals surface area contributed by atoms with Crippen molar-refractivity contribution in [2.24, 2.45) is 0 Å². The fourth-order valence-electron chi connectivity index (χ4n) is 6.75. The highest BCUT2D eigenvalue weighted by atomic mass is 32.1. The van der Waals surface area contributed by atoms with Crippen LogP contribution in [0.15, 0.2) is 12.4 Å². The lowest BCUT2D eigenvalue weighted by molar-refractivity contribution is -0.0363. The number of carbonyl (C=O) groups is 2. The molecule has 0 saturated carbocycles. The van der Waals surface area contributed by atoms with Gasteiger partial charge in [-0.25, -0.2) is 28.3 Å². The van der Waals surface area contributed by atoms with E-state index in [0.717, 1.165) is 24.0 Å². The molecule has 49 heavy (non-hydrogen) atoms. The summed E-state index contributed by atoms with van der Waals surface area (Å²) in [5, 5.41) is 13.4. The Labute approximate surface area is 285 Å². The molecule has 1 aromatic carbocycles. The Hall–Kier alpha value is -4.68. The van der Waals surface area contributed by atoms with E-state index in [0.29, 0.717) is 48.5 Å². The molecule has 256 valence electrons. The summed E-state index contributed by atoms with van der Waals surface area (Å²) >= 11 is 0.840. The van der Waals surface area contributed by atoms with Crippen LogP contribution in [0.1, 0.15) is 71.1 Å². The van der Waals surface area contributed by atoms with Crippen molar-refractivity contribution in [2.45, 2.75) is 84.3 Å². The first-order chi connectivity index (χ1) is 23.1. The molecule has 3 aliphatic heterocycles. The van der Waals surface area contributed by atoms with Gasteiger partial charge in [-0.15, -0.1) is 11.3 Å². The number of hydrogen-bond donors (Lipinski definition) is 1. The fourth-order valence-corrected chi connectivity index (χ4v) is 7.79. The van der Waals surface area contributed by atoms with Crippen LogP contribution in [-0.2, 0) is 27.4 Å². The van der Waals surface area contributed by atoms with E-state index in [-0.39, 0.29) is 56.7 Å². The highest BCUT2D eigenvalue weighted by Crippen LogP contribution is 2.46. The van der Waals surface area contributed by atoms with Crippen LogP contribution in [0.2, 0.25) is 0 Å². The van der Waals surface area contributed by atoms with Crippen molar-refractivity contribution in [3.8, 4) is 17.3 Å². The summed E-state index contributed by atoms with van der Waals surface area (Å²) in [5.74, 6) is -1.14. The molecular formula is C34H35F2N7O5S. The van der Waals surface area contributed by atoms with Crippen LogP contribution in [0.4, 0.5) is 29.3 Å². The SMILES string of the molecule is CC(C)(C)OC(=O)Nc1sc2c(F)cnc(-c3c4c(c5cnc(N6CC[C@]7(CCN7C(=O)OC(C)(C)C)C6)nc5c3F)COC4)c2c1C#N. The summed E-state index contributed by atoms with van der Waals surface area (Å²) in [4.78, 5) is 42.9.